The zero-order valence-corrected chi connectivity index (χ0v) is 11.3. The Morgan fingerprint density at radius 2 is 2.15 bits per heavy atom. The highest BCUT2D eigenvalue weighted by atomic mass is 35.5. The first-order valence-electron chi connectivity index (χ1n) is 6.07. The highest BCUT2D eigenvalue weighted by molar-refractivity contribution is 6.30. The van der Waals surface area contributed by atoms with E-state index in [1.165, 1.54) is 30.4 Å². The molecule has 1 saturated carbocycles. The molecule has 0 radical (unpaired) electrons. The van der Waals surface area contributed by atoms with Crippen LogP contribution in [0.5, 0.6) is 0 Å². The number of aliphatic carboxylic acids is 1. The smallest absolute Gasteiger partial charge is 0.311 e. The minimum Gasteiger partial charge on any atom is -0.481 e. The number of nitrogens with one attached hydrogen (secondary N) is 1. The van der Waals surface area contributed by atoms with Crippen molar-refractivity contribution in [2.24, 2.45) is 5.41 Å². The lowest BCUT2D eigenvalue weighted by molar-refractivity contribution is -0.143. The number of rotatable bonds is 5. The third-order valence-electron chi connectivity index (χ3n) is 3.28. The van der Waals surface area contributed by atoms with E-state index >= 15 is 0 Å². The van der Waals surface area contributed by atoms with Gasteiger partial charge >= 0.3 is 5.97 Å². The molecule has 4 nitrogen and oxygen atoms in total. The van der Waals surface area contributed by atoms with Crippen LogP contribution in [0, 0.1) is 11.2 Å². The molecule has 1 aromatic carbocycles. The lowest BCUT2D eigenvalue weighted by Crippen LogP contribution is -2.33. The molecule has 0 spiro atoms. The van der Waals surface area contributed by atoms with Gasteiger partial charge in [-0.25, -0.2) is 4.39 Å². The van der Waals surface area contributed by atoms with E-state index in [2.05, 4.69) is 5.32 Å². The molecule has 6 heteroatoms. The molecule has 0 aromatic heterocycles. The summed E-state index contributed by atoms with van der Waals surface area (Å²) in [6, 6.07) is 4.11. The summed E-state index contributed by atoms with van der Waals surface area (Å²) in [6.45, 7) is 0.121. The van der Waals surface area contributed by atoms with Gasteiger partial charge in [0, 0.05) is 12.6 Å². The van der Waals surface area contributed by atoms with E-state index in [0.29, 0.717) is 18.4 Å². The van der Waals surface area contributed by atoms with Crippen molar-refractivity contribution in [3.05, 3.63) is 40.7 Å². The second kappa shape index (κ2) is 5.63. The Balaban J connectivity index is 1.89. The Kier molecular flexibility index (Phi) is 4.09. The van der Waals surface area contributed by atoms with Gasteiger partial charge in [0.15, 0.2) is 0 Å². The van der Waals surface area contributed by atoms with Gasteiger partial charge < -0.3 is 10.4 Å². The van der Waals surface area contributed by atoms with E-state index in [1.807, 2.05) is 0 Å². The lowest BCUT2D eigenvalue weighted by Gasteiger charge is -2.09. The molecule has 0 unspecified atom stereocenters. The van der Waals surface area contributed by atoms with E-state index in [1.54, 1.807) is 0 Å². The summed E-state index contributed by atoms with van der Waals surface area (Å²) < 4.78 is 12.9. The fourth-order valence-electron chi connectivity index (χ4n) is 1.72. The number of halogens is 2. The summed E-state index contributed by atoms with van der Waals surface area (Å²) in [6.07, 6.45) is 3.92. The Hall–Kier alpha value is -1.88. The number of carbonyl (C=O) groups excluding carboxylic acids is 1. The number of hydrogen-bond acceptors (Lipinski definition) is 2. The molecule has 1 fully saturated rings. The predicted molar refractivity (Wildman–Crippen MR) is 72.8 cm³/mol. The first-order chi connectivity index (χ1) is 9.43. The standard InChI is InChI=1S/C14H13ClFNO3/c15-10-7-9(1-3-11(10)16)2-4-12(18)17-8-14(5-6-14)13(19)20/h1-4,7H,5-6,8H2,(H,17,18)(H,19,20)/b4-2+. The summed E-state index contributed by atoms with van der Waals surface area (Å²) in [5, 5.41) is 11.5. The minimum atomic E-state index is -0.882. The zero-order valence-electron chi connectivity index (χ0n) is 10.5. The van der Waals surface area contributed by atoms with Gasteiger partial charge in [-0.2, -0.15) is 0 Å². The van der Waals surface area contributed by atoms with Crippen LogP contribution in [-0.2, 0) is 9.59 Å². The molecule has 1 aliphatic rings. The fourth-order valence-corrected chi connectivity index (χ4v) is 1.91. The number of benzene rings is 1. The van der Waals surface area contributed by atoms with E-state index < -0.39 is 23.1 Å². The van der Waals surface area contributed by atoms with E-state index in [4.69, 9.17) is 16.7 Å². The van der Waals surface area contributed by atoms with Gasteiger partial charge in [0.1, 0.15) is 5.82 Å². The number of carboxylic acid groups (broad SMARTS) is 1. The minimum absolute atomic E-state index is 0.0182. The molecule has 1 aromatic rings. The van der Waals surface area contributed by atoms with Crippen LogP contribution in [0.15, 0.2) is 24.3 Å². The highest BCUT2D eigenvalue weighted by Crippen LogP contribution is 2.45. The van der Waals surface area contributed by atoms with Crippen LogP contribution in [0.2, 0.25) is 5.02 Å². The molecule has 1 aliphatic carbocycles. The quantitative estimate of drug-likeness (QED) is 0.821. The molecule has 0 atom stereocenters. The first-order valence-corrected chi connectivity index (χ1v) is 6.45. The van der Waals surface area contributed by atoms with Crippen LogP contribution in [-0.4, -0.2) is 23.5 Å². The maximum atomic E-state index is 12.9. The summed E-state index contributed by atoms with van der Waals surface area (Å²) in [7, 11) is 0. The Morgan fingerprint density at radius 3 is 2.70 bits per heavy atom. The molecule has 20 heavy (non-hydrogen) atoms. The molecular weight excluding hydrogens is 285 g/mol. The van der Waals surface area contributed by atoms with E-state index in [-0.39, 0.29) is 11.6 Å². The topological polar surface area (TPSA) is 66.4 Å². The van der Waals surface area contributed by atoms with Gasteiger partial charge in [-0.1, -0.05) is 17.7 Å². The van der Waals surface area contributed by atoms with Crippen molar-refractivity contribution in [1.82, 2.24) is 5.32 Å². The maximum absolute atomic E-state index is 12.9. The monoisotopic (exact) mass is 297 g/mol. The molecule has 2 rings (SSSR count). The van der Waals surface area contributed by atoms with Gasteiger partial charge in [-0.05, 0) is 36.6 Å². The van der Waals surface area contributed by atoms with Crippen molar-refractivity contribution in [2.75, 3.05) is 6.54 Å². The molecule has 106 valence electrons. The third-order valence-corrected chi connectivity index (χ3v) is 3.57. The van der Waals surface area contributed by atoms with Crippen molar-refractivity contribution in [2.45, 2.75) is 12.8 Å². The fraction of sp³-hybridized carbons (Fsp3) is 0.286. The van der Waals surface area contributed by atoms with Crippen LogP contribution in [0.4, 0.5) is 4.39 Å². The summed E-state index contributed by atoms with van der Waals surface area (Å²) in [4.78, 5) is 22.5. The van der Waals surface area contributed by atoms with Gasteiger partial charge in [-0.15, -0.1) is 0 Å². The van der Waals surface area contributed by atoms with Crippen molar-refractivity contribution in [3.63, 3.8) is 0 Å². The number of carboxylic acids is 1. The van der Waals surface area contributed by atoms with Crippen LogP contribution in [0.3, 0.4) is 0 Å². The van der Waals surface area contributed by atoms with Crippen LogP contribution < -0.4 is 5.32 Å². The Morgan fingerprint density at radius 1 is 1.45 bits per heavy atom. The van der Waals surface area contributed by atoms with Crippen molar-refractivity contribution in [3.8, 4) is 0 Å². The van der Waals surface area contributed by atoms with Crippen molar-refractivity contribution < 1.29 is 19.1 Å². The second-order valence-corrected chi connectivity index (χ2v) is 5.22. The predicted octanol–water partition coefficient (Wildman–Crippen LogP) is 2.47. The summed E-state index contributed by atoms with van der Waals surface area (Å²) in [5.41, 5.74) is -0.200. The molecule has 0 heterocycles. The first kappa shape index (κ1) is 14.5. The SMILES string of the molecule is O=C(/C=C/c1ccc(F)c(Cl)c1)NCC1(C(=O)O)CC1. The van der Waals surface area contributed by atoms with E-state index in [0.717, 1.165) is 0 Å². The van der Waals surface area contributed by atoms with Crippen LogP contribution >= 0.6 is 11.6 Å². The average Bonchev–Trinajstić information content (AvgIpc) is 3.19. The van der Waals surface area contributed by atoms with Gasteiger partial charge in [0.05, 0.1) is 10.4 Å². The van der Waals surface area contributed by atoms with Crippen molar-refractivity contribution in [1.29, 1.82) is 0 Å². The van der Waals surface area contributed by atoms with Crippen molar-refractivity contribution >= 4 is 29.6 Å². The molecule has 0 saturated heterocycles. The summed E-state index contributed by atoms with van der Waals surface area (Å²) >= 11 is 5.62. The molecule has 0 bridgehead atoms. The number of carbonyl (C=O) groups is 2. The summed E-state index contributed by atoms with van der Waals surface area (Å²) in [5.74, 6) is -1.80. The van der Waals surface area contributed by atoms with Gasteiger partial charge in [0.25, 0.3) is 0 Å². The zero-order chi connectivity index (χ0) is 14.8. The highest BCUT2D eigenvalue weighted by Gasteiger charge is 2.50. The molecule has 0 aliphatic heterocycles. The normalized spacial score (nSPS) is 16.1. The van der Waals surface area contributed by atoms with E-state index in [9.17, 15) is 14.0 Å². The van der Waals surface area contributed by atoms with Crippen LogP contribution in [0.1, 0.15) is 18.4 Å². The number of hydrogen-bond donors (Lipinski definition) is 2. The largest absolute Gasteiger partial charge is 0.481 e. The average molecular weight is 298 g/mol. The molecular formula is C14H13ClFNO3. The lowest BCUT2D eigenvalue weighted by atomic mass is 10.1. The third kappa shape index (κ3) is 3.36. The molecule has 1 amide bonds. The number of amides is 1. The van der Waals surface area contributed by atoms with Gasteiger partial charge in [-0.3, -0.25) is 9.59 Å². The molecule has 2 N–H and O–H groups in total. The van der Waals surface area contributed by atoms with Crippen LogP contribution in [0.25, 0.3) is 6.08 Å². The Labute approximate surface area is 120 Å². The van der Waals surface area contributed by atoms with Gasteiger partial charge in [0.2, 0.25) is 5.91 Å². The second-order valence-electron chi connectivity index (χ2n) is 4.81. The maximum Gasteiger partial charge on any atom is 0.311 e. The Bertz CT molecular complexity index is 582.